The minimum atomic E-state index is -0.383. The van der Waals surface area contributed by atoms with Gasteiger partial charge < -0.3 is 14.6 Å². The number of methoxy groups -OCH3 is 1. The molecular formula is C13H27NO3. The fourth-order valence-corrected chi connectivity index (χ4v) is 1.97. The van der Waals surface area contributed by atoms with Crippen LogP contribution in [0.25, 0.3) is 0 Å². The van der Waals surface area contributed by atoms with Crippen molar-refractivity contribution in [3.63, 3.8) is 0 Å². The van der Waals surface area contributed by atoms with Crippen LogP contribution in [0.2, 0.25) is 0 Å². The molecule has 1 rings (SSSR count). The third-order valence-electron chi connectivity index (χ3n) is 2.85. The number of hydrogen-bond donors (Lipinski definition) is 1. The van der Waals surface area contributed by atoms with Crippen LogP contribution >= 0.6 is 0 Å². The van der Waals surface area contributed by atoms with E-state index in [0.29, 0.717) is 31.8 Å². The molecule has 1 N–H and O–H groups in total. The first-order valence-corrected chi connectivity index (χ1v) is 6.62. The molecule has 17 heavy (non-hydrogen) atoms. The molecule has 0 spiro atoms. The number of aliphatic hydroxyl groups is 1. The van der Waals surface area contributed by atoms with Crippen LogP contribution in [-0.4, -0.2) is 62.2 Å². The van der Waals surface area contributed by atoms with Gasteiger partial charge in [-0.3, -0.25) is 4.90 Å². The zero-order valence-electron chi connectivity index (χ0n) is 11.4. The maximum atomic E-state index is 9.90. The zero-order chi connectivity index (χ0) is 12.7. The van der Waals surface area contributed by atoms with Crippen molar-refractivity contribution in [2.24, 2.45) is 5.92 Å². The zero-order valence-corrected chi connectivity index (χ0v) is 11.4. The standard InChI is InChI=1S/C13H27NO3/c1-11(2)8-14(12-4-5-12)9-13(15)10-17-7-6-16-3/h11-13,15H,4-10H2,1-3H3. The maximum absolute atomic E-state index is 9.90. The monoisotopic (exact) mass is 245 g/mol. The van der Waals surface area contributed by atoms with Crippen molar-refractivity contribution in [3.8, 4) is 0 Å². The Labute approximate surface area is 105 Å². The summed E-state index contributed by atoms with van der Waals surface area (Å²) in [5, 5.41) is 9.90. The Bertz CT molecular complexity index is 195. The van der Waals surface area contributed by atoms with E-state index in [0.717, 1.165) is 13.1 Å². The lowest BCUT2D eigenvalue weighted by atomic mass is 10.2. The molecule has 0 radical (unpaired) electrons. The van der Waals surface area contributed by atoms with E-state index in [-0.39, 0.29) is 6.10 Å². The van der Waals surface area contributed by atoms with Gasteiger partial charge in [0.15, 0.2) is 0 Å². The van der Waals surface area contributed by atoms with E-state index in [1.165, 1.54) is 12.8 Å². The summed E-state index contributed by atoms with van der Waals surface area (Å²) in [6.07, 6.45) is 2.18. The molecule has 0 bridgehead atoms. The second-order valence-corrected chi connectivity index (χ2v) is 5.30. The van der Waals surface area contributed by atoms with Crippen molar-refractivity contribution in [3.05, 3.63) is 0 Å². The van der Waals surface area contributed by atoms with E-state index in [4.69, 9.17) is 9.47 Å². The van der Waals surface area contributed by atoms with Crippen LogP contribution in [-0.2, 0) is 9.47 Å². The van der Waals surface area contributed by atoms with E-state index < -0.39 is 0 Å². The summed E-state index contributed by atoms with van der Waals surface area (Å²) in [5.74, 6) is 0.650. The Balaban J connectivity index is 2.14. The molecule has 1 fully saturated rings. The Morgan fingerprint density at radius 1 is 1.24 bits per heavy atom. The van der Waals surface area contributed by atoms with Gasteiger partial charge in [-0.15, -0.1) is 0 Å². The fraction of sp³-hybridized carbons (Fsp3) is 1.00. The van der Waals surface area contributed by atoms with E-state index in [1.807, 2.05) is 0 Å². The van der Waals surface area contributed by atoms with Crippen molar-refractivity contribution < 1.29 is 14.6 Å². The molecule has 0 aromatic carbocycles. The smallest absolute Gasteiger partial charge is 0.0900 e. The molecule has 0 aromatic heterocycles. The predicted octanol–water partition coefficient (Wildman–Crippen LogP) is 1.13. The highest BCUT2D eigenvalue weighted by molar-refractivity contribution is 4.86. The molecule has 1 unspecified atom stereocenters. The lowest BCUT2D eigenvalue weighted by Gasteiger charge is -2.26. The van der Waals surface area contributed by atoms with Gasteiger partial charge in [0.05, 0.1) is 25.9 Å². The van der Waals surface area contributed by atoms with E-state index in [1.54, 1.807) is 7.11 Å². The molecule has 102 valence electrons. The highest BCUT2D eigenvalue weighted by Gasteiger charge is 2.30. The van der Waals surface area contributed by atoms with Gasteiger partial charge in [-0.05, 0) is 18.8 Å². The molecule has 4 heteroatoms. The van der Waals surface area contributed by atoms with Crippen LogP contribution in [0, 0.1) is 5.92 Å². The highest BCUT2D eigenvalue weighted by atomic mass is 16.5. The minimum absolute atomic E-state index is 0.383. The fourth-order valence-electron chi connectivity index (χ4n) is 1.97. The van der Waals surface area contributed by atoms with Crippen molar-refractivity contribution in [2.75, 3.05) is 40.0 Å². The summed E-state index contributed by atoms with van der Waals surface area (Å²) in [5.41, 5.74) is 0. The Morgan fingerprint density at radius 2 is 1.94 bits per heavy atom. The summed E-state index contributed by atoms with van der Waals surface area (Å²) in [4.78, 5) is 2.40. The van der Waals surface area contributed by atoms with Crippen molar-refractivity contribution in [1.82, 2.24) is 4.90 Å². The summed E-state index contributed by atoms with van der Waals surface area (Å²) in [6, 6.07) is 0.700. The normalized spacial score (nSPS) is 18.0. The minimum Gasteiger partial charge on any atom is -0.389 e. The molecule has 4 nitrogen and oxygen atoms in total. The number of rotatable bonds is 10. The lowest BCUT2D eigenvalue weighted by Crippen LogP contribution is -2.38. The first-order valence-electron chi connectivity index (χ1n) is 6.62. The molecule has 1 saturated carbocycles. The van der Waals surface area contributed by atoms with E-state index in [2.05, 4.69) is 18.7 Å². The number of hydrogen-bond acceptors (Lipinski definition) is 4. The van der Waals surface area contributed by atoms with Gasteiger partial charge in [0.25, 0.3) is 0 Å². The molecule has 0 heterocycles. The number of aliphatic hydroxyl groups excluding tert-OH is 1. The van der Waals surface area contributed by atoms with Gasteiger partial charge in [0.1, 0.15) is 0 Å². The number of nitrogens with zero attached hydrogens (tertiary/aromatic N) is 1. The molecule has 1 aliphatic carbocycles. The number of ether oxygens (including phenoxy) is 2. The van der Waals surface area contributed by atoms with Gasteiger partial charge in [-0.2, -0.15) is 0 Å². The predicted molar refractivity (Wildman–Crippen MR) is 68.1 cm³/mol. The molecule has 0 saturated heterocycles. The van der Waals surface area contributed by atoms with E-state index >= 15 is 0 Å². The topological polar surface area (TPSA) is 41.9 Å². The first-order chi connectivity index (χ1) is 8.13. The molecule has 1 aliphatic rings. The van der Waals surface area contributed by atoms with Gasteiger partial charge in [-0.1, -0.05) is 13.8 Å². The third kappa shape index (κ3) is 6.99. The Morgan fingerprint density at radius 3 is 2.47 bits per heavy atom. The average Bonchev–Trinajstić information content (AvgIpc) is 3.06. The molecular weight excluding hydrogens is 218 g/mol. The largest absolute Gasteiger partial charge is 0.389 e. The van der Waals surface area contributed by atoms with Crippen LogP contribution < -0.4 is 0 Å². The average molecular weight is 245 g/mol. The quantitative estimate of drug-likeness (QED) is 0.586. The lowest BCUT2D eigenvalue weighted by molar-refractivity contribution is -0.00296. The van der Waals surface area contributed by atoms with Crippen LogP contribution in [0.4, 0.5) is 0 Å². The van der Waals surface area contributed by atoms with Crippen LogP contribution in [0.1, 0.15) is 26.7 Å². The van der Waals surface area contributed by atoms with Gasteiger partial charge in [0, 0.05) is 26.2 Å². The van der Waals surface area contributed by atoms with Crippen molar-refractivity contribution in [2.45, 2.75) is 38.8 Å². The molecule has 0 aromatic rings. The van der Waals surface area contributed by atoms with Crippen LogP contribution in [0.5, 0.6) is 0 Å². The second kappa shape index (κ2) is 8.03. The Kier molecular flexibility index (Phi) is 7.04. The van der Waals surface area contributed by atoms with Gasteiger partial charge in [0.2, 0.25) is 0 Å². The highest BCUT2D eigenvalue weighted by Crippen LogP contribution is 2.27. The molecule has 0 amide bonds. The summed E-state index contributed by atoms with van der Waals surface area (Å²) in [6.45, 7) is 7.79. The van der Waals surface area contributed by atoms with Crippen LogP contribution in [0.3, 0.4) is 0 Å². The van der Waals surface area contributed by atoms with Crippen molar-refractivity contribution in [1.29, 1.82) is 0 Å². The Hall–Kier alpha value is -0.160. The van der Waals surface area contributed by atoms with Crippen molar-refractivity contribution >= 4 is 0 Å². The third-order valence-corrected chi connectivity index (χ3v) is 2.85. The van der Waals surface area contributed by atoms with E-state index in [9.17, 15) is 5.11 Å². The summed E-state index contributed by atoms with van der Waals surface area (Å²) in [7, 11) is 1.65. The van der Waals surface area contributed by atoms with Gasteiger partial charge >= 0.3 is 0 Å². The first kappa shape index (κ1) is 14.9. The van der Waals surface area contributed by atoms with Crippen LogP contribution in [0.15, 0.2) is 0 Å². The van der Waals surface area contributed by atoms with Gasteiger partial charge in [-0.25, -0.2) is 0 Å². The summed E-state index contributed by atoms with van der Waals surface area (Å²) < 4.78 is 10.2. The molecule has 0 aliphatic heterocycles. The SMILES string of the molecule is COCCOCC(O)CN(CC(C)C)C1CC1. The summed E-state index contributed by atoms with van der Waals surface area (Å²) >= 11 is 0. The maximum Gasteiger partial charge on any atom is 0.0900 e. The molecule has 1 atom stereocenters. The second-order valence-electron chi connectivity index (χ2n) is 5.30.